The van der Waals surface area contributed by atoms with Crippen molar-refractivity contribution in [3.8, 4) is 5.75 Å². The Hall–Kier alpha value is -3.61. The van der Waals surface area contributed by atoms with Gasteiger partial charge in [-0.1, -0.05) is 19.1 Å². The summed E-state index contributed by atoms with van der Waals surface area (Å²) in [6, 6.07) is 12.4. The number of sulfonamides is 1. The monoisotopic (exact) mass is 534 g/mol. The summed E-state index contributed by atoms with van der Waals surface area (Å²) in [5, 5.41) is 21.9. The lowest BCUT2D eigenvalue weighted by molar-refractivity contribution is 0.172. The van der Waals surface area contributed by atoms with E-state index in [2.05, 4.69) is 20.2 Å². The number of ether oxygens (including phenoxy) is 1. The van der Waals surface area contributed by atoms with Gasteiger partial charge in [-0.05, 0) is 48.4 Å². The van der Waals surface area contributed by atoms with Crippen LogP contribution in [0.25, 0.3) is 10.9 Å². The molecule has 8 nitrogen and oxygen atoms in total. The van der Waals surface area contributed by atoms with Gasteiger partial charge < -0.3 is 15.2 Å². The van der Waals surface area contributed by atoms with Crippen molar-refractivity contribution in [3.63, 3.8) is 0 Å². The minimum atomic E-state index is -4.40. The minimum Gasteiger partial charge on any atom is -0.492 e. The number of fused-ring (bicyclic) bond motifs is 1. The number of anilines is 1. The first kappa shape index (κ1) is 26.5. The molecule has 1 aromatic heterocycles. The van der Waals surface area contributed by atoms with Crippen molar-refractivity contribution in [1.29, 1.82) is 0 Å². The first-order valence-corrected chi connectivity index (χ1v) is 12.9. The molecule has 0 aliphatic heterocycles. The first-order chi connectivity index (χ1) is 17.7. The Kier molecular flexibility index (Phi) is 8.00. The van der Waals surface area contributed by atoms with Crippen LogP contribution in [0.1, 0.15) is 24.3 Å². The lowest BCUT2D eigenvalue weighted by Crippen LogP contribution is -2.26. The van der Waals surface area contributed by atoms with E-state index >= 15 is 0 Å². The van der Waals surface area contributed by atoms with Gasteiger partial charge in [0.05, 0.1) is 16.5 Å². The average molecular weight is 535 g/mol. The topological polar surface area (TPSA) is 116 Å². The third kappa shape index (κ3) is 6.21. The van der Waals surface area contributed by atoms with Crippen LogP contribution >= 0.6 is 0 Å². The Morgan fingerprint density at radius 3 is 2.57 bits per heavy atom. The minimum absolute atomic E-state index is 0.0602. The maximum Gasteiger partial charge on any atom is 0.262 e. The van der Waals surface area contributed by atoms with E-state index in [9.17, 15) is 26.7 Å². The lowest BCUT2D eigenvalue weighted by Gasteiger charge is -2.15. The summed E-state index contributed by atoms with van der Waals surface area (Å²) in [5.74, 6) is -4.32. The van der Waals surface area contributed by atoms with E-state index in [1.54, 1.807) is 6.07 Å². The Bertz CT molecular complexity index is 1490. The van der Waals surface area contributed by atoms with E-state index in [4.69, 9.17) is 4.74 Å². The molecule has 1 heterocycles. The average Bonchev–Trinajstić information content (AvgIpc) is 3.29. The molecule has 0 bridgehead atoms. The fourth-order valence-electron chi connectivity index (χ4n) is 3.71. The van der Waals surface area contributed by atoms with Gasteiger partial charge in [0.15, 0.2) is 17.5 Å². The summed E-state index contributed by atoms with van der Waals surface area (Å²) in [7, 11) is -4.40. The van der Waals surface area contributed by atoms with Crippen LogP contribution in [0, 0.1) is 17.5 Å². The van der Waals surface area contributed by atoms with E-state index < -0.39 is 38.5 Å². The van der Waals surface area contributed by atoms with Gasteiger partial charge in [0.25, 0.3) is 10.0 Å². The van der Waals surface area contributed by atoms with Crippen LogP contribution in [0.3, 0.4) is 0 Å². The molecule has 0 spiro atoms. The number of benzene rings is 3. The molecule has 12 heteroatoms. The smallest absolute Gasteiger partial charge is 0.262 e. The quantitative estimate of drug-likeness (QED) is 0.171. The molecule has 0 aliphatic rings. The Morgan fingerprint density at radius 1 is 1.08 bits per heavy atom. The number of H-pyrrole nitrogens is 1. The highest BCUT2D eigenvalue weighted by molar-refractivity contribution is 7.92. The second-order valence-electron chi connectivity index (χ2n) is 8.23. The van der Waals surface area contributed by atoms with Crippen LogP contribution in [-0.4, -0.2) is 43.4 Å². The van der Waals surface area contributed by atoms with Crippen LogP contribution in [-0.2, 0) is 16.4 Å². The standard InChI is InChI=1S/C25H25F3N4O4S/c1-2-22-19-7-6-17(11-23(19)31-30-22)36-9-8-29-14-24(33)15-4-3-5-16(10-15)32-37(34,35)18-12-20(26)25(28)21(27)13-18/h3-7,10-13,24,29,32-33H,2,8-9,14H2,1H3,(H,30,31)/t24-/m0/s1. The predicted molar refractivity (Wildman–Crippen MR) is 132 cm³/mol. The number of hydrogen-bond acceptors (Lipinski definition) is 6. The van der Waals surface area contributed by atoms with Crippen molar-refractivity contribution in [2.24, 2.45) is 0 Å². The zero-order chi connectivity index (χ0) is 26.6. The molecule has 4 N–H and O–H groups in total. The Morgan fingerprint density at radius 2 is 1.84 bits per heavy atom. The van der Waals surface area contributed by atoms with Gasteiger partial charge in [-0.25, -0.2) is 21.6 Å². The number of hydrogen-bond donors (Lipinski definition) is 4. The molecule has 37 heavy (non-hydrogen) atoms. The third-order valence-electron chi connectivity index (χ3n) is 5.64. The normalized spacial score (nSPS) is 12.6. The van der Waals surface area contributed by atoms with Crippen LogP contribution in [0.5, 0.6) is 5.75 Å². The van der Waals surface area contributed by atoms with Crippen molar-refractivity contribution < 1.29 is 31.4 Å². The highest BCUT2D eigenvalue weighted by atomic mass is 32.2. The largest absolute Gasteiger partial charge is 0.492 e. The summed E-state index contributed by atoms with van der Waals surface area (Å²) in [6.07, 6.45) is -0.121. The number of aromatic nitrogens is 2. The number of aliphatic hydroxyl groups excluding tert-OH is 1. The maximum atomic E-state index is 13.5. The summed E-state index contributed by atoms with van der Waals surface area (Å²) in [5.41, 5.74) is 2.35. The van der Waals surface area contributed by atoms with E-state index in [1.165, 1.54) is 18.2 Å². The zero-order valence-corrected chi connectivity index (χ0v) is 20.6. The van der Waals surface area contributed by atoms with Crippen LogP contribution in [0.15, 0.2) is 59.5 Å². The molecular weight excluding hydrogens is 509 g/mol. The van der Waals surface area contributed by atoms with Crippen LogP contribution in [0.2, 0.25) is 0 Å². The number of aryl methyl sites for hydroxylation is 1. The Labute approximate surface area is 211 Å². The zero-order valence-electron chi connectivity index (χ0n) is 19.8. The van der Waals surface area contributed by atoms with Gasteiger partial charge in [-0.2, -0.15) is 5.10 Å². The van der Waals surface area contributed by atoms with Gasteiger partial charge in [0, 0.05) is 35.9 Å². The molecule has 196 valence electrons. The van der Waals surface area contributed by atoms with E-state index in [0.29, 0.717) is 36.6 Å². The molecule has 0 saturated heterocycles. The number of rotatable bonds is 11. The molecule has 0 unspecified atom stereocenters. The van der Waals surface area contributed by atoms with E-state index in [-0.39, 0.29) is 12.2 Å². The van der Waals surface area contributed by atoms with Gasteiger partial charge >= 0.3 is 0 Å². The van der Waals surface area contributed by atoms with Gasteiger partial charge in [0.1, 0.15) is 12.4 Å². The van der Waals surface area contributed by atoms with E-state index in [0.717, 1.165) is 23.0 Å². The Balaban J connectivity index is 1.29. The van der Waals surface area contributed by atoms with Crippen molar-refractivity contribution in [1.82, 2.24) is 15.5 Å². The van der Waals surface area contributed by atoms with Crippen LogP contribution < -0.4 is 14.8 Å². The SMILES string of the molecule is CCc1[nH]nc2cc(OCCNC[C@H](O)c3cccc(NS(=O)(=O)c4cc(F)c(F)c(F)c4)c3)ccc12. The van der Waals surface area contributed by atoms with Crippen molar-refractivity contribution >= 4 is 26.6 Å². The summed E-state index contributed by atoms with van der Waals surface area (Å²) < 4.78 is 73.0. The van der Waals surface area contributed by atoms with Gasteiger partial charge in [-0.3, -0.25) is 9.82 Å². The summed E-state index contributed by atoms with van der Waals surface area (Å²) >= 11 is 0. The lowest BCUT2D eigenvalue weighted by atomic mass is 10.1. The molecule has 4 aromatic rings. The number of nitrogens with zero attached hydrogens (tertiary/aromatic N) is 1. The number of aromatic amines is 1. The molecule has 0 radical (unpaired) electrons. The van der Waals surface area contributed by atoms with E-state index in [1.807, 2.05) is 25.1 Å². The van der Waals surface area contributed by atoms with Gasteiger partial charge in [-0.15, -0.1) is 0 Å². The fourth-order valence-corrected chi connectivity index (χ4v) is 4.79. The number of nitrogens with one attached hydrogen (secondary N) is 3. The highest BCUT2D eigenvalue weighted by Gasteiger charge is 2.21. The predicted octanol–water partition coefficient (Wildman–Crippen LogP) is 4.05. The third-order valence-corrected chi connectivity index (χ3v) is 7.00. The first-order valence-electron chi connectivity index (χ1n) is 11.4. The molecule has 0 aliphatic carbocycles. The summed E-state index contributed by atoms with van der Waals surface area (Å²) in [6.45, 7) is 2.98. The van der Waals surface area contributed by atoms with Crippen molar-refractivity contribution in [2.45, 2.75) is 24.3 Å². The molecule has 3 aromatic carbocycles. The molecule has 0 fully saturated rings. The summed E-state index contributed by atoms with van der Waals surface area (Å²) in [4.78, 5) is -0.770. The fraction of sp³-hybridized carbons (Fsp3) is 0.240. The number of aliphatic hydroxyl groups is 1. The number of halogens is 3. The second kappa shape index (κ2) is 11.2. The molecule has 4 rings (SSSR count). The molecule has 0 amide bonds. The molecular formula is C25H25F3N4O4S. The molecule has 1 atom stereocenters. The maximum absolute atomic E-state index is 13.5. The van der Waals surface area contributed by atoms with Crippen molar-refractivity contribution in [3.05, 3.63) is 83.3 Å². The van der Waals surface area contributed by atoms with Gasteiger partial charge in [0.2, 0.25) is 0 Å². The highest BCUT2D eigenvalue weighted by Crippen LogP contribution is 2.24. The van der Waals surface area contributed by atoms with Crippen molar-refractivity contribution in [2.75, 3.05) is 24.4 Å². The second-order valence-corrected chi connectivity index (χ2v) is 9.92. The molecule has 0 saturated carbocycles. The van der Waals surface area contributed by atoms with Crippen LogP contribution in [0.4, 0.5) is 18.9 Å².